The highest BCUT2D eigenvalue weighted by Crippen LogP contribution is 2.37. The Bertz CT molecular complexity index is 1050. The number of methoxy groups -OCH3 is 1. The zero-order valence-corrected chi connectivity index (χ0v) is 16.0. The molecule has 0 radical (unpaired) electrons. The van der Waals surface area contributed by atoms with E-state index in [0.717, 1.165) is 11.3 Å². The van der Waals surface area contributed by atoms with Gasteiger partial charge in [-0.25, -0.2) is 4.39 Å². The maximum absolute atomic E-state index is 13.7. The van der Waals surface area contributed by atoms with Crippen LogP contribution in [0.25, 0.3) is 11.4 Å². The highest BCUT2D eigenvalue weighted by Gasteiger charge is 2.36. The number of ether oxygens (including phenoxy) is 1. The number of aromatic nitrogens is 2. The van der Waals surface area contributed by atoms with Crippen LogP contribution < -0.4 is 9.64 Å². The van der Waals surface area contributed by atoms with E-state index < -0.39 is 5.82 Å². The number of carbonyl (C=O) groups is 1. The van der Waals surface area contributed by atoms with Crippen LogP contribution >= 0.6 is 11.6 Å². The van der Waals surface area contributed by atoms with Gasteiger partial charge in [-0.2, -0.15) is 4.98 Å². The average molecular weight is 402 g/mol. The van der Waals surface area contributed by atoms with Crippen LogP contribution in [0.1, 0.15) is 23.8 Å². The first-order chi connectivity index (χ1) is 13.5. The predicted octanol–water partition coefficient (Wildman–Crippen LogP) is 4.37. The average Bonchev–Trinajstić information content (AvgIpc) is 3.31. The molecule has 0 bridgehead atoms. The van der Waals surface area contributed by atoms with Gasteiger partial charge in [-0.3, -0.25) is 4.79 Å². The number of hydrogen-bond donors (Lipinski definition) is 0. The second-order valence-corrected chi connectivity index (χ2v) is 7.07. The van der Waals surface area contributed by atoms with Crippen molar-refractivity contribution in [3.8, 4) is 17.1 Å². The van der Waals surface area contributed by atoms with Crippen molar-refractivity contribution < 1.29 is 18.4 Å². The van der Waals surface area contributed by atoms with E-state index in [1.165, 1.54) is 12.1 Å². The van der Waals surface area contributed by atoms with Crippen LogP contribution in [0.3, 0.4) is 0 Å². The highest BCUT2D eigenvalue weighted by atomic mass is 35.5. The van der Waals surface area contributed by atoms with Crippen molar-refractivity contribution in [1.82, 2.24) is 10.1 Å². The third kappa shape index (κ3) is 3.33. The summed E-state index contributed by atoms with van der Waals surface area (Å²) >= 11 is 5.71. The first kappa shape index (κ1) is 18.4. The fourth-order valence-electron chi connectivity index (χ4n) is 3.27. The second-order valence-electron chi connectivity index (χ2n) is 6.67. The summed E-state index contributed by atoms with van der Waals surface area (Å²) in [4.78, 5) is 18.6. The molecule has 2 heterocycles. The minimum atomic E-state index is -0.556. The first-order valence-electron chi connectivity index (χ1n) is 8.70. The lowest BCUT2D eigenvalue weighted by Gasteiger charge is -2.19. The largest absolute Gasteiger partial charge is 0.495 e. The standard InChI is InChI=1S/C20H17ClFN3O3/c1-11-3-6-17(27-2)16(7-11)25-10-13(9-18(25)26)20-23-19(24-28-20)12-4-5-14(21)15(22)8-12/h3-8,13H,9-10H2,1-2H3. The van der Waals surface area contributed by atoms with Gasteiger partial charge in [-0.15, -0.1) is 0 Å². The lowest BCUT2D eigenvalue weighted by molar-refractivity contribution is -0.117. The van der Waals surface area contributed by atoms with E-state index >= 15 is 0 Å². The number of nitrogens with zero attached hydrogens (tertiary/aromatic N) is 3. The molecule has 1 atom stereocenters. The SMILES string of the molecule is COc1ccc(C)cc1N1CC(c2nc(-c3ccc(Cl)c(F)c3)no2)CC1=O. The van der Waals surface area contributed by atoms with Crippen LogP contribution in [-0.4, -0.2) is 29.7 Å². The Balaban J connectivity index is 1.59. The summed E-state index contributed by atoms with van der Waals surface area (Å²) < 4.78 is 24.4. The number of benzene rings is 2. The van der Waals surface area contributed by atoms with Crippen molar-refractivity contribution in [2.24, 2.45) is 0 Å². The minimum absolute atomic E-state index is 0.0246. The summed E-state index contributed by atoms with van der Waals surface area (Å²) in [5.41, 5.74) is 2.20. The van der Waals surface area contributed by atoms with Crippen LogP contribution in [0.5, 0.6) is 5.75 Å². The number of carbonyl (C=O) groups excluding carboxylic acids is 1. The Morgan fingerprint density at radius 2 is 2.11 bits per heavy atom. The molecule has 0 aliphatic carbocycles. The van der Waals surface area contributed by atoms with Gasteiger partial charge in [-0.1, -0.05) is 22.8 Å². The van der Waals surface area contributed by atoms with Crippen molar-refractivity contribution >= 4 is 23.2 Å². The maximum atomic E-state index is 13.7. The van der Waals surface area contributed by atoms with Gasteiger partial charge in [0.1, 0.15) is 11.6 Å². The van der Waals surface area contributed by atoms with Gasteiger partial charge in [0.2, 0.25) is 17.6 Å². The highest BCUT2D eigenvalue weighted by molar-refractivity contribution is 6.30. The zero-order chi connectivity index (χ0) is 19.8. The van der Waals surface area contributed by atoms with E-state index in [2.05, 4.69) is 10.1 Å². The molecule has 1 fully saturated rings. The molecule has 1 aliphatic rings. The van der Waals surface area contributed by atoms with Crippen molar-refractivity contribution in [2.45, 2.75) is 19.3 Å². The predicted molar refractivity (Wildman–Crippen MR) is 102 cm³/mol. The van der Waals surface area contributed by atoms with Crippen LogP contribution in [0, 0.1) is 12.7 Å². The van der Waals surface area contributed by atoms with Gasteiger partial charge < -0.3 is 14.2 Å². The molecule has 1 aromatic heterocycles. The Kier molecular flexibility index (Phi) is 4.77. The van der Waals surface area contributed by atoms with E-state index in [0.29, 0.717) is 23.7 Å². The van der Waals surface area contributed by atoms with Crippen molar-refractivity contribution in [3.63, 3.8) is 0 Å². The van der Waals surface area contributed by atoms with Gasteiger partial charge in [0.15, 0.2) is 0 Å². The molecule has 3 aromatic rings. The summed E-state index contributed by atoms with van der Waals surface area (Å²) in [7, 11) is 1.57. The van der Waals surface area contributed by atoms with Crippen molar-refractivity contribution in [1.29, 1.82) is 0 Å². The Morgan fingerprint density at radius 3 is 2.86 bits per heavy atom. The second kappa shape index (κ2) is 7.24. The van der Waals surface area contributed by atoms with Crippen molar-refractivity contribution in [3.05, 3.63) is 58.7 Å². The molecular formula is C20H17ClFN3O3. The van der Waals surface area contributed by atoms with E-state index in [9.17, 15) is 9.18 Å². The zero-order valence-electron chi connectivity index (χ0n) is 15.3. The number of hydrogen-bond acceptors (Lipinski definition) is 5. The molecule has 144 valence electrons. The van der Waals surface area contributed by atoms with Gasteiger partial charge in [0.25, 0.3) is 0 Å². The molecule has 1 amide bonds. The minimum Gasteiger partial charge on any atom is -0.495 e. The number of halogens is 2. The molecule has 0 spiro atoms. The molecule has 0 N–H and O–H groups in total. The Labute approximate surface area is 165 Å². The van der Waals surface area contributed by atoms with E-state index in [-0.39, 0.29) is 29.1 Å². The van der Waals surface area contributed by atoms with Crippen molar-refractivity contribution in [2.75, 3.05) is 18.6 Å². The molecule has 28 heavy (non-hydrogen) atoms. The summed E-state index contributed by atoms with van der Waals surface area (Å²) in [5.74, 6) is 0.362. The molecule has 8 heteroatoms. The van der Waals surface area contributed by atoms with Crippen LogP contribution in [0.4, 0.5) is 10.1 Å². The number of anilines is 1. The molecule has 4 rings (SSSR count). The lowest BCUT2D eigenvalue weighted by atomic mass is 10.1. The number of amides is 1. The molecule has 1 saturated heterocycles. The van der Waals surface area contributed by atoms with Gasteiger partial charge in [0, 0.05) is 18.5 Å². The van der Waals surface area contributed by atoms with Gasteiger partial charge in [0.05, 0.1) is 23.7 Å². The molecule has 1 aliphatic heterocycles. The topological polar surface area (TPSA) is 68.5 Å². The first-order valence-corrected chi connectivity index (χ1v) is 9.08. The molecule has 0 saturated carbocycles. The summed E-state index contributed by atoms with van der Waals surface area (Å²) in [6, 6.07) is 9.98. The van der Waals surface area contributed by atoms with Crippen LogP contribution in [-0.2, 0) is 4.79 Å². The Morgan fingerprint density at radius 1 is 1.29 bits per heavy atom. The third-order valence-electron chi connectivity index (χ3n) is 4.72. The van der Waals surface area contributed by atoms with E-state index in [4.69, 9.17) is 20.9 Å². The normalized spacial score (nSPS) is 16.6. The molecule has 6 nitrogen and oxygen atoms in total. The monoisotopic (exact) mass is 401 g/mol. The summed E-state index contributed by atoms with van der Waals surface area (Å²) in [6.07, 6.45) is 0.244. The molecule has 2 aromatic carbocycles. The quantitative estimate of drug-likeness (QED) is 0.649. The van der Waals surface area contributed by atoms with Gasteiger partial charge >= 0.3 is 0 Å². The fraction of sp³-hybridized carbons (Fsp3) is 0.250. The Hall–Kier alpha value is -2.93. The van der Waals surface area contributed by atoms with Gasteiger partial charge in [-0.05, 0) is 42.8 Å². The molecule has 1 unspecified atom stereocenters. The van der Waals surface area contributed by atoms with Crippen LogP contribution in [0.15, 0.2) is 40.9 Å². The van der Waals surface area contributed by atoms with Crippen LogP contribution in [0.2, 0.25) is 5.02 Å². The number of rotatable bonds is 4. The van der Waals surface area contributed by atoms with E-state index in [1.54, 1.807) is 18.1 Å². The lowest BCUT2D eigenvalue weighted by Crippen LogP contribution is -2.25. The summed E-state index contributed by atoms with van der Waals surface area (Å²) in [5, 5.41) is 3.95. The maximum Gasteiger partial charge on any atom is 0.232 e. The third-order valence-corrected chi connectivity index (χ3v) is 5.03. The smallest absolute Gasteiger partial charge is 0.232 e. The number of aryl methyl sites for hydroxylation is 1. The fourth-order valence-corrected chi connectivity index (χ4v) is 3.39. The van der Waals surface area contributed by atoms with E-state index in [1.807, 2.05) is 25.1 Å². The summed E-state index contributed by atoms with van der Waals surface area (Å²) in [6.45, 7) is 2.35. The molecular weight excluding hydrogens is 385 g/mol.